The van der Waals surface area contributed by atoms with Gasteiger partial charge < -0.3 is 14.4 Å². The van der Waals surface area contributed by atoms with E-state index in [4.69, 9.17) is 9.52 Å². The molecule has 116 valence electrons. The normalized spacial score (nSPS) is 20.3. The Balaban J connectivity index is 2.03. The highest BCUT2D eigenvalue weighted by molar-refractivity contribution is 5.95. The van der Waals surface area contributed by atoms with E-state index in [2.05, 4.69) is 0 Å². The molecule has 0 bridgehead atoms. The van der Waals surface area contributed by atoms with E-state index in [0.29, 0.717) is 18.5 Å². The van der Waals surface area contributed by atoms with Crippen molar-refractivity contribution in [3.8, 4) is 0 Å². The van der Waals surface area contributed by atoms with E-state index in [0.717, 1.165) is 25.1 Å². The van der Waals surface area contributed by atoms with Crippen LogP contribution in [0.4, 0.5) is 0 Å². The van der Waals surface area contributed by atoms with Crippen molar-refractivity contribution in [2.75, 3.05) is 13.1 Å². The van der Waals surface area contributed by atoms with Crippen molar-refractivity contribution in [3.63, 3.8) is 0 Å². The molecule has 1 aliphatic heterocycles. The molecule has 0 aliphatic carbocycles. The van der Waals surface area contributed by atoms with Crippen LogP contribution >= 0.6 is 0 Å². The number of hydrogen-bond acceptors (Lipinski definition) is 3. The zero-order valence-corrected chi connectivity index (χ0v) is 12.7. The standard InChI is InChI=1S/C16H23NO4/c1-3-14-13(6-8-21-14)16(20)17-7-4-5-12(10-17)11(2)9-15(18)19/h6,8,11-12H,3-5,7,9-10H2,1-2H3,(H,18,19). The Kier molecular flexibility index (Phi) is 5.04. The molecule has 0 spiro atoms. The van der Waals surface area contributed by atoms with E-state index >= 15 is 0 Å². The van der Waals surface area contributed by atoms with Crippen molar-refractivity contribution in [2.45, 2.75) is 39.5 Å². The molecule has 1 aromatic heterocycles. The number of carboxylic acid groups (broad SMARTS) is 1. The van der Waals surface area contributed by atoms with E-state index in [9.17, 15) is 9.59 Å². The summed E-state index contributed by atoms with van der Waals surface area (Å²) in [5.74, 6) is 0.312. The van der Waals surface area contributed by atoms with Gasteiger partial charge in [0.2, 0.25) is 0 Å². The number of aryl methyl sites for hydroxylation is 1. The van der Waals surface area contributed by atoms with Gasteiger partial charge in [0.15, 0.2) is 0 Å². The third kappa shape index (κ3) is 3.65. The number of hydrogen-bond donors (Lipinski definition) is 1. The minimum Gasteiger partial charge on any atom is -0.481 e. The Morgan fingerprint density at radius 3 is 2.95 bits per heavy atom. The van der Waals surface area contributed by atoms with Gasteiger partial charge in [0.1, 0.15) is 5.76 Å². The first-order valence-corrected chi connectivity index (χ1v) is 7.60. The zero-order chi connectivity index (χ0) is 15.4. The van der Waals surface area contributed by atoms with Gasteiger partial charge in [-0.05, 0) is 30.7 Å². The third-order valence-corrected chi connectivity index (χ3v) is 4.34. The maximum atomic E-state index is 12.6. The second-order valence-electron chi connectivity index (χ2n) is 5.84. The van der Waals surface area contributed by atoms with E-state index in [-0.39, 0.29) is 24.2 Å². The van der Waals surface area contributed by atoms with Gasteiger partial charge in [-0.25, -0.2) is 0 Å². The number of nitrogens with zero attached hydrogens (tertiary/aromatic N) is 1. The van der Waals surface area contributed by atoms with Crippen molar-refractivity contribution in [1.29, 1.82) is 0 Å². The predicted molar refractivity (Wildman–Crippen MR) is 78.1 cm³/mol. The largest absolute Gasteiger partial charge is 0.481 e. The second-order valence-corrected chi connectivity index (χ2v) is 5.84. The summed E-state index contributed by atoms with van der Waals surface area (Å²) >= 11 is 0. The molecule has 1 N–H and O–H groups in total. The van der Waals surface area contributed by atoms with Gasteiger partial charge in [0.05, 0.1) is 11.8 Å². The van der Waals surface area contributed by atoms with Crippen LogP contribution in [0.1, 0.15) is 49.2 Å². The Morgan fingerprint density at radius 1 is 1.52 bits per heavy atom. The van der Waals surface area contributed by atoms with Gasteiger partial charge in [-0.3, -0.25) is 9.59 Å². The number of furan rings is 1. The number of carbonyl (C=O) groups is 2. The lowest BCUT2D eigenvalue weighted by molar-refractivity contribution is -0.138. The number of amides is 1. The van der Waals surface area contributed by atoms with Crippen LogP contribution in [0.25, 0.3) is 0 Å². The van der Waals surface area contributed by atoms with Crippen LogP contribution in [-0.4, -0.2) is 35.0 Å². The summed E-state index contributed by atoms with van der Waals surface area (Å²) in [7, 11) is 0. The van der Waals surface area contributed by atoms with Gasteiger partial charge in [-0.2, -0.15) is 0 Å². The molecule has 2 unspecified atom stereocenters. The molecule has 21 heavy (non-hydrogen) atoms. The highest BCUT2D eigenvalue weighted by Crippen LogP contribution is 2.27. The lowest BCUT2D eigenvalue weighted by Crippen LogP contribution is -2.42. The van der Waals surface area contributed by atoms with Crippen LogP contribution in [0, 0.1) is 11.8 Å². The topological polar surface area (TPSA) is 70.8 Å². The zero-order valence-electron chi connectivity index (χ0n) is 12.7. The molecule has 5 nitrogen and oxygen atoms in total. The molecule has 0 saturated carbocycles. The van der Waals surface area contributed by atoms with Crippen LogP contribution in [0.3, 0.4) is 0 Å². The third-order valence-electron chi connectivity index (χ3n) is 4.34. The maximum absolute atomic E-state index is 12.6. The fourth-order valence-corrected chi connectivity index (χ4v) is 3.08. The molecule has 1 aromatic rings. The van der Waals surface area contributed by atoms with Crippen molar-refractivity contribution in [2.24, 2.45) is 11.8 Å². The number of aliphatic carboxylic acids is 1. The van der Waals surface area contributed by atoms with Crippen LogP contribution in [0.2, 0.25) is 0 Å². The first-order valence-electron chi connectivity index (χ1n) is 7.60. The van der Waals surface area contributed by atoms with Gasteiger partial charge in [0.25, 0.3) is 5.91 Å². The lowest BCUT2D eigenvalue weighted by atomic mass is 9.84. The molecule has 2 atom stereocenters. The molecule has 5 heteroatoms. The van der Waals surface area contributed by atoms with Crippen molar-refractivity contribution >= 4 is 11.9 Å². The van der Waals surface area contributed by atoms with Crippen LogP contribution in [-0.2, 0) is 11.2 Å². The van der Waals surface area contributed by atoms with Gasteiger partial charge in [-0.1, -0.05) is 13.8 Å². The molecule has 1 amide bonds. The molecule has 1 fully saturated rings. The van der Waals surface area contributed by atoms with E-state index in [1.807, 2.05) is 18.7 Å². The number of rotatable bonds is 5. The SMILES string of the molecule is CCc1occc1C(=O)N1CCCC(C(C)CC(=O)O)C1. The Labute approximate surface area is 124 Å². The van der Waals surface area contributed by atoms with Crippen molar-refractivity contribution in [3.05, 3.63) is 23.7 Å². The average Bonchev–Trinajstić information content (AvgIpc) is 2.94. The Bertz CT molecular complexity index is 508. The second kappa shape index (κ2) is 6.78. The number of carboxylic acids is 1. The van der Waals surface area contributed by atoms with Crippen molar-refractivity contribution in [1.82, 2.24) is 4.90 Å². The summed E-state index contributed by atoms with van der Waals surface area (Å²) in [5, 5.41) is 8.92. The Morgan fingerprint density at radius 2 is 2.29 bits per heavy atom. The summed E-state index contributed by atoms with van der Waals surface area (Å²) in [6.07, 6.45) is 4.34. The first kappa shape index (κ1) is 15.6. The summed E-state index contributed by atoms with van der Waals surface area (Å²) in [4.78, 5) is 25.3. The molecule has 2 rings (SSSR count). The van der Waals surface area contributed by atoms with Crippen LogP contribution in [0.15, 0.2) is 16.7 Å². The van der Waals surface area contributed by atoms with E-state index in [1.165, 1.54) is 0 Å². The van der Waals surface area contributed by atoms with E-state index < -0.39 is 5.97 Å². The summed E-state index contributed by atoms with van der Waals surface area (Å²) < 4.78 is 5.33. The maximum Gasteiger partial charge on any atom is 0.303 e. The van der Waals surface area contributed by atoms with Crippen molar-refractivity contribution < 1.29 is 19.1 Å². The summed E-state index contributed by atoms with van der Waals surface area (Å²) in [6.45, 7) is 5.30. The highest BCUT2D eigenvalue weighted by Gasteiger charge is 2.30. The lowest BCUT2D eigenvalue weighted by Gasteiger charge is -2.35. The fraction of sp³-hybridized carbons (Fsp3) is 0.625. The number of likely N-dealkylation sites (tertiary alicyclic amines) is 1. The summed E-state index contributed by atoms with van der Waals surface area (Å²) in [6, 6.07) is 1.73. The minimum absolute atomic E-state index is 0.00725. The monoisotopic (exact) mass is 293 g/mol. The van der Waals surface area contributed by atoms with Gasteiger partial charge in [0, 0.05) is 25.9 Å². The first-order chi connectivity index (χ1) is 10.0. The molecule has 1 saturated heterocycles. The Hall–Kier alpha value is -1.78. The van der Waals surface area contributed by atoms with Crippen LogP contribution in [0.5, 0.6) is 0 Å². The number of carbonyl (C=O) groups excluding carboxylic acids is 1. The van der Waals surface area contributed by atoms with Crippen LogP contribution < -0.4 is 0 Å². The quantitative estimate of drug-likeness (QED) is 0.906. The minimum atomic E-state index is -0.769. The van der Waals surface area contributed by atoms with E-state index in [1.54, 1.807) is 12.3 Å². The smallest absolute Gasteiger partial charge is 0.303 e. The summed E-state index contributed by atoms with van der Waals surface area (Å²) in [5.41, 5.74) is 0.643. The predicted octanol–water partition coefficient (Wildman–Crippen LogP) is 2.81. The molecule has 1 aliphatic rings. The highest BCUT2D eigenvalue weighted by atomic mass is 16.4. The molecular formula is C16H23NO4. The van der Waals surface area contributed by atoms with Gasteiger partial charge in [-0.15, -0.1) is 0 Å². The fourth-order valence-electron chi connectivity index (χ4n) is 3.08. The average molecular weight is 293 g/mol. The molecule has 0 radical (unpaired) electrons. The molecular weight excluding hydrogens is 270 g/mol. The molecule has 0 aromatic carbocycles. The van der Waals surface area contributed by atoms with Gasteiger partial charge >= 0.3 is 5.97 Å². The number of piperidine rings is 1. The molecule has 2 heterocycles.